The van der Waals surface area contributed by atoms with E-state index in [-0.39, 0.29) is 23.9 Å². The largest absolute Gasteiger partial charge is 0.342 e. The normalized spacial score (nSPS) is 25.1. The van der Waals surface area contributed by atoms with Crippen LogP contribution < -0.4 is 10.6 Å². The van der Waals surface area contributed by atoms with Crippen LogP contribution in [0.4, 0.5) is 0 Å². The van der Waals surface area contributed by atoms with Gasteiger partial charge in [0.15, 0.2) is 0 Å². The van der Waals surface area contributed by atoms with Crippen LogP contribution in [0.3, 0.4) is 0 Å². The van der Waals surface area contributed by atoms with E-state index in [1.165, 1.54) is 5.56 Å². The molecule has 2 amide bonds. The summed E-state index contributed by atoms with van der Waals surface area (Å²) in [6.07, 6.45) is 1.21. The Balaban J connectivity index is 1.39. The van der Waals surface area contributed by atoms with Gasteiger partial charge in [-0.1, -0.05) is 60.7 Å². The minimum atomic E-state index is -0.464. The van der Waals surface area contributed by atoms with Gasteiger partial charge in [-0.15, -0.1) is 0 Å². The van der Waals surface area contributed by atoms with Gasteiger partial charge in [0.25, 0.3) is 0 Å². The second-order valence-electron chi connectivity index (χ2n) is 7.06. The summed E-state index contributed by atoms with van der Waals surface area (Å²) in [7, 11) is 0. The van der Waals surface area contributed by atoms with Gasteiger partial charge in [0.2, 0.25) is 11.8 Å². The molecule has 2 aliphatic heterocycles. The van der Waals surface area contributed by atoms with Crippen LogP contribution in [-0.4, -0.2) is 41.4 Å². The quantitative estimate of drug-likeness (QED) is 0.860. The average molecular weight is 349 g/mol. The highest BCUT2D eigenvalue weighted by Crippen LogP contribution is 2.24. The third-order valence-electron chi connectivity index (χ3n) is 5.22. The van der Waals surface area contributed by atoms with E-state index in [4.69, 9.17) is 0 Å². The lowest BCUT2D eigenvalue weighted by atomic mass is 10.0. The highest BCUT2D eigenvalue weighted by molar-refractivity contribution is 5.97. The van der Waals surface area contributed by atoms with E-state index in [0.717, 1.165) is 12.1 Å². The number of benzene rings is 2. The van der Waals surface area contributed by atoms with Crippen LogP contribution in [0.25, 0.3) is 0 Å². The molecule has 5 nitrogen and oxygen atoms in total. The van der Waals surface area contributed by atoms with E-state index in [1.54, 1.807) is 4.90 Å². The number of carbonyl (C=O) groups excluding carboxylic acids is 2. The lowest BCUT2D eigenvalue weighted by Gasteiger charge is -2.34. The Morgan fingerprint density at radius 1 is 0.962 bits per heavy atom. The molecule has 2 aliphatic rings. The lowest BCUT2D eigenvalue weighted by molar-refractivity contribution is -0.147. The van der Waals surface area contributed by atoms with Crippen molar-refractivity contribution in [1.82, 2.24) is 15.5 Å². The van der Waals surface area contributed by atoms with Crippen molar-refractivity contribution >= 4 is 11.8 Å². The number of nitrogens with zero attached hydrogens (tertiary/aromatic N) is 1. The van der Waals surface area contributed by atoms with Crippen LogP contribution in [0.15, 0.2) is 60.7 Å². The molecule has 2 fully saturated rings. The fourth-order valence-electron chi connectivity index (χ4n) is 3.85. The molecule has 0 radical (unpaired) electrons. The first-order valence-corrected chi connectivity index (χ1v) is 9.13. The van der Waals surface area contributed by atoms with Crippen LogP contribution in [-0.2, 0) is 22.6 Å². The maximum atomic E-state index is 12.9. The molecule has 2 saturated heterocycles. The molecule has 0 saturated carbocycles. The fourth-order valence-corrected chi connectivity index (χ4v) is 3.85. The van der Waals surface area contributed by atoms with Gasteiger partial charge in [-0.25, -0.2) is 0 Å². The number of hydrogen-bond acceptors (Lipinski definition) is 3. The molecule has 5 heteroatoms. The Morgan fingerprint density at radius 3 is 2.31 bits per heavy atom. The zero-order chi connectivity index (χ0) is 17.9. The molecular formula is C21H23N3O2. The molecule has 0 aromatic heterocycles. The SMILES string of the molecule is O=C1N[C@H](Cc2ccccc2)C(=O)N2C[C@@H](NCc3ccccc3)C[C@@H]12. The maximum absolute atomic E-state index is 12.9. The predicted octanol–water partition coefficient (Wildman–Crippen LogP) is 1.49. The molecule has 134 valence electrons. The van der Waals surface area contributed by atoms with E-state index < -0.39 is 6.04 Å². The van der Waals surface area contributed by atoms with Crippen molar-refractivity contribution in [3.63, 3.8) is 0 Å². The summed E-state index contributed by atoms with van der Waals surface area (Å²) in [4.78, 5) is 27.1. The summed E-state index contributed by atoms with van der Waals surface area (Å²) in [5, 5.41) is 6.41. The number of fused-ring (bicyclic) bond motifs is 1. The Kier molecular flexibility index (Phi) is 4.71. The van der Waals surface area contributed by atoms with Crippen molar-refractivity contribution in [2.24, 2.45) is 0 Å². The second-order valence-corrected chi connectivity index (χ2v) is 7.06. The standard InChI is InChI=1S/C21H23N3O2/c25-20-19-12-17(22-13-16-9-5-2-6-10-16)14-24(19)21(26)18(23-20)11-15-7-3-1-4-8-15/h1-10,17-19,22H,11-14H2,(H,23,25)/t17-,18+,19-/m0/s1. The highest BCUT2D eigenvalue weighted by atomic mass is 16.2. The highest BCUT2D eigenvalue weighted by Gasteiger charge is 2.46. The molecule has 0 bridgehead atoms. The summed E-state index contributed by atoms with van der Waals surface area (Å²) in [5.74, 6) is -0.00277. The summed E-state index contributed by atoms with van der Waals surface area (Å²) in [5.41, 5.74) is 2.26. The van der Waals surface area contributed by atoms with Crippen molar-refractivity contribution < 1.29 is 9.59 Å². The summed E-state index contributed by atoms with van der Waals surface area (Å²) < 4.78 is 0. The lowest BCUT2D eigenvalue weighted by Crippen LogP contribution is -2.61. The Bertz CT molecular complexity index is 778. The van der Waals surface area contributed by atoms with Gasteiger partial charge in [-0.3, -0.25) is 9.59 Å². The van der Waals surface area contributed by atoms with E-state index in [2.05, 4.69) is 22.8 Å². The van der Waals surface area contributed by atoms with Crippen molar-refractivity contribution in [2.75, 3.05) is 6.54 Å². The van der Waals surface area contributed by atoms with Crippen molar-refractivity contribution in [1.29, 1.82) is 0 Å². The molecule has 2 heterocycles. The first kappa shape index (κ1) is 16.8. The predicted molar refractivity (Wildman–Crippen MR) is 99.3 cm³/mol. The molecule has 3 atom stereocenters. The Morgan fingerprint density at radius 2 is 1.62 bits per heavy atom. The molecule has 2 aromatic rings. The molecule has 4 rings (SSSR count). The summed E-state index contributed by atoms with van der Waals surface area (Å²) in [6.45, 7) is 1.34. The molecule has 0 aliphatic carbocycles. The van der Waals surface area contributed by atoms with Gasteiger partial charge in [0, 0.05) is 25.6 Å². The number of piperazine rings is 1. The third-order valence-corrected chi connectivity index (χ3v) is 5.22. The first-order valence-electron chi connectivity index (χ1n) is 9.13. The van der Waals surface area contributed by atoms with E-state index in [1.807, 2.05) is 48.5 Å². The van der Waals surface area contributed by atoms with Crippen LogP contribution in [0, 0.1) is 0 Å². The number of hydrogen-bond donors (Lipinski definition) is 2. The van der Waals surface area contributed by atoms with Gasteiger partial charge in [-0.2, -0.15) is 0 Å². The number of rotatable bonds is 5. The molecule has 2 aromatic carbocycles. The molecule has 0 unspecified atom stereocenters. The monoisotopic (exact) mass is 349 g/mol. The smallest absolute Gasteiger partial charge is 0.246 e. The van der Waals surface area contributed by atoms with Crippen molar-refractivity contribution in [2.45, 2.75) is 37.5 Å². The van der Waals surface area contributed by atoms with Crippen molar-refractivity contribution in [3.8, 4) is 0 Å². The van der Waals surface area contributed by atoms with Gasteiger partial charge in [0.1, 0.15) is 12.1 Å². The molecule has 0 spiro atoms. The Hall–Kier alpha value is -2.66. The molecule has 2 N–H and O–H groups in total. The second kappa shape index (κ2) is 7.30. The van der Waals surface area contributed by atoms with Crippen LogP contribution >= 0.6 is 0 Å². The van der Waals surface area contributed by atoms with Gasteiger partial charge >= 0.3 is 0 Å². The van der Waals surface area contributed by atoms with E-state index in [0.29, 0.717) is 19.4 Å². The zero-order valence-electron chi connectivity index (χ0n) is 14.6. The third kappa shape index (κ3) is 3.48. The first-order chi connectivity index (χ1) is 12.7. The minimum absolute atomic E-state index is 0.0301. The van der Waals surface area contributed by atoms with Crippen molar-refractivity contribution in [3.05, 3.63) is 71.8 Å². The number of carbonyl (C=O) groups is 2. The number of nitrogens with one attached hydrogen (secondary N) is 2. The van der Waals surface area contributed by atoms with Gasteiger partial charge in [0.05, 0.1) is 0 Å². The van der Waals surface area contributed by atoms with E-state index in [9.17, 15) is 9.59 Å². The number of amides is 2. The maximum Gasteiger partial charge on any atom is 0.246 e. The van der Waals surface area contributed by atoms with Crippen LogP contribution in [0.2, 0.25) is 0 Å². The van der Waals surface area contributed by atoms with Gasteiger partial charge < -0.3 is 15.5 Å². The van der Waals surface area contributed by atoms with Gasteiger partial charge in [-0.05, 0) is 17.5 Å². The van der Waals surface area contributed by atoms with E-state index >= 15 is 0 Å². The van der Waals surface area contributed by atoms with Crippen LogP contribution in [0.5, 0.6) is 0 Å². The molecular weight excluding hydrogens is 326 g/mol. The summed E-state index contributed by atoms with van der Waals surface area (Å²) >= 11 is 0. The zero-order valence-corrected chi connectivity index (χ0v) is 14.6. The molecule has 26 heavy (non-hydrogen) atoms. The fraction of sp³-hybridized carbons (Fsp3) is 0.333. The minimum Gasteiger partial charge on any atom is -0.342 e. The summed E-state index contributed by atoms with van der Waals surface area (Å²) in [6, 6.07) is 19.3. The topological polar surface area (TPSA) is 61.4 Å². The Labute approximate surface area is 153 Å². The average Bonchev–Trinajstić information content (AvgIpc) is 3.11. The van der Waals surface area contributed by atoms with Crippen LogP contribution in [0.1, 0.15) is 17.5 Å².